The molecule has 1 saturated heterocycles. The number of nitrogens with zero attached hydrogens (tertiary/aromatic N) is 1. The number of nitrogens with one attached hydrogen (secondary N) is 1. The first-order valence-electron chi connectivity index (χ1n) is 7.66. The average molecular weight is 250 g/mol. The minimum atomic E-state index is -0.190. The first kappa shape index (κ1) is 12.5. The summed E-state index contributed by atoms with van der Waals surface area (Å²) in [6, 6.07) is 0.468. The van der Waals surface area contributed by atoms with Gasteiger partial charge < -0.3 is 4.90 Å². The zero-order valence-electron chi connectivity index (χ0n) is 11.9. The topological polar surface area (TPSA) is 32.3 Å². The Kier molecular flexibility index (Phi) is 2.92. The molecule has 0 aromatic rings. The predicted octanol–water partition coefficient (Wildman–Crippen LogP) is 2.51. The van der Waals surface area contributed by atoms with E-state index in [9.17, 15) is 4.79 Å². The second-order valence-corrected chi connectivity index (χ2v) is 6.80. The lowest BCUT2D eigenvalue weighted by atomic mass is 9.94. The van der Waals surface area contributed by atoms with E-state index >= 15 is 0 Å². The Morgan fingerprint density at radius 2 is 1.83 bits per heavy atom. The Bertz CT molecular complexity index is 348. The summed E-state index contributed by atoms with van der Waals surface area (Å²) < 4.78 is 0. The highest BCUT2D eigenvalue weighted by Crippen LogP contribution is 2.42. The van der Waals surface area contributed by atoms with Gasteiger partial charge >= 0.3 is 0 Å². The Labute approximate surface area is 110 Å². The molecule has 1 heterocycles. The third-order valence-corrected chi connectivity index (χ3v) is 5.78. The van der Waals surface area contributed by atoms with E-state index in [4.69, 9.17) is 0 Å². The van der Waals surface area contributed by atoms with Crippen molar-refractivity contribution in [3.63, 3.8) is 0 Å². The van der Waals surface area contributed by atoms with Crippen LogP contribution in [0.5, 0.6) is 0 Å². The molecule has 1 N–H and O–H groups in total. The highest BCUT2D eigenvalue weighted by molar-refractivity contribution is 5.89. The monoisotopic (exact) mass is 250 g/mol. The number of rotatable bonds is 1. The molecular weight excluding hydrogens is 224 g/mol. The third kappa shape index (κ3) is 1.63. The fourth-order valence-electron chi connectivity index (χ4n) is 4.46. The SMILES string of the molecule is CC1CCC(N2C(=O)C3(CCCC3)NC2C)C1C. The van der Waals surface area contributed by atoms with Crippen LogP contribution in [-0.2, 0) is 4.79 Å². The first-order chi connectivity index (χ1) is 8.55. The van der Waals surface area contributed by atoms with Gasteiger partial charge in [0.05, 0.1) is 11.7 Å². The lowest BCUT2D eigenvalue weighted by molar-refractivity contribution is -0.135. The highest BCUT2D eigenvalue weighted by atomic mass is 16.2. The van der Waals surface area contributed by atoms with E-state index in [-0.39, 0.29) is 11.7 Å². The number of amides is 1. The molecule has 0 aromatic heterocycles. The maximum atomic E-state index is 12.8. The predicted molar refractivity (Wildman–Crippen MR) is 72.0 cm³/mol. The van der Waals surface area contributed by atoms with Crippen LogP contribution in [0.2, 0.25) is 0 Å². The average Bonchev–Trinajstić information content (AvgIpc) is 2.97. The molecule has 2 aliphatic carbocycles. The molecule has 3 aliphatic rings. The van der Waals surface area contributed by atoms with Crippen molar-refractivity contribution in [3.05, 3.63) is 0 Å². The molecule has 3 fully saturated rings. The molecule has 3 heteroatoms. The van der Waals surface area contributed by atoms with Crippen molar-refractivity contribution in [1.82, 2.24) is 10.2 Å². The van der Waals surface area contributed by atoms with Crippen molar-refractivity contribution >= 4 is 5.91 Å². The van der Waals surface area contributed by atoms with Gasteiger partial charge in [-0.05, 0) is 44.4 Å². The van der Waals surface area contributed by atoms with Crippen LogP contribution in [-0.4, -0.2) is 28.6 Å². The summed E-state index contributed by atoms with van der Waals surface area (Å²) in [5.41, 5.74) is -0.190. The lowest BCUT2D eigenvalue weighted by Gasteiger charge is -2.32. The van der Waals surface area contributed by atoms with Crippen molar-refractivity contribution in [2.75, 3.05) is 0 Å². The second-order valence-electron chi connectivity index (χ2n) is 6.80. The fourth-order valence-corrected chi connectivity index (χ4v) is 4.46. The zero-order valence-corrected chi connectivity index (χ0v) is 11.9. The summed E-state index contributed by atoms with van der Waals surface area (Å²) in [5, 5.41) is 3.62. The van der Waals surface area contributed by atoms with Gasteiger partial charge in [-0.15, -0.1) is 0 Å². The van der Waals surface area contributed by atoms with Gasteiger partial charge in [0.1, 0.15) is 0 Å². The molecule has 2 saturated carbocycles. The summed E-state index contributed by atoms with van der Waals surface area (Å²) in [6.07, 6.45) is 7.19. The summed E-state index contributed by atoms with van der Waals surface area (Å²) >= 11 is 0. The van der Waals surface area contributed by atoms with Crippen molar-refractivity contribution in [2.24, 2.45) is 11.8 Å². The van der Waals surface area contributed by atoms with E-state index < -0.39 is 0 Å². The maximum absolute atomic E-state index is 12.8. The maximum Gasteiger partial charge on any atom is 0.244 e. The molecule has 0 aromatic carbocycles. The summed E-state index contributed by atoms with van der Waals surface area (Å²) in [4.78, 5) is 15.0. The second kappa shape index (κ2) is 4.22. The molecular formula is C15H26N2O. The van der Waals surface area contributed by atoms with Crippen LogP contribution in [0.3, 0.4) is 0 Å². The number of hydrogen-bond donors (Lipinski definition) is 1. The van der Waals surface area contributed by atoms with Crippen LogP contribution in [0.4, 0.5) is 0 Å². The lowest BCUT2D eigenvalue weighted by Crippen LogP contribution is -2.46. The first-order valence-corrected chi connectivity index (χ1v) is 7.66. The molecule has 3 nitrogen and oxygen atoms in total. The largest absolute Gasteiger partial charge is 0.323 e. The Morgan fingerprint density at radius 3 is 2.39 bits per heavy atom. The van der Waals surface area contributed by atoms with Gasteiger partial charge in [0, 0.05) is 6.04 Å². The molecule has 3 rings (SSSR count). The molecule has 0 bridgehead atoms. The number of carbonyl (C=O) groups is 1. The Hall–Kier alpha value is -0.570. The van der Waals surface area contributed by atoms with Crippen LogP contribution < -0.4 is 5.32 Å². The van der Waals surface area contributed by atoms with Gasteiger partial charge in [-0.2, -0.15) is 0 Å². The Morgan fingerprint density at radius 1 is 1.17 bits per heavy atom. The quantitative estimate of drug-likeness (QED) is 0.775. The highest BCUT2D eigenvalue weighted by Gasteiger charge is 2.54. The molecule has 1 aliphatic heterocycles. The molecule has 18 heavy (non-hydrogen) atoms. The smallest absolute Gasteiger partial charge is 0.244 e. The van der Waals surface area contributed by atoms with E-state index in [1.165, 1.54) is 25.7 Å². The third-order valence-electron chi connectivity index (χ3n) is 5.78. The van der Waals surface area contributed by atoms with Gasteiger partial charge in [0.2, 0.25) is 5.91 Å². The molecule has 1 amide bonds. The van der Waals surface area contributed by atoms with Crippen molar-refractivity contribution in [3.8, 4) is 0 Å². The van der Waals surface area contributed by atoms with E-state index in [1.54, 1.807) is 0 Å². The van der Waals surface area contributed by atoms with E-state index in [2.05, 4.69) is 31.0 Å². The van der Waals surface area contributed by atoms with E-state index in [0.717, 1.165) is 18.8 Å². The van der Waals surface area contributed by atoms with E-state index in [1.807, 2.05) is 0 Å². The number of carbonyl (C=O) groups excluding carboxylic acids is 1. The van der Waals surface area contributed by atoms with Gasteiger partial charge in [-0.25, -0.2) is 0 Å². The van der Waals surface area contributed by atoms with Crippen molar-refractivity contribution in [1.29, 1.82) is 0 Å². The van der Waals surface area contributed by atoms with Crippen LogP contribution in [0.25, 0.3) is 0 Å². The standard InChI is InChI=1S/C15H26N2O/c1-10-6-7-13(11(10)2)17-12(3)16-15(14(17)18)8-4-5-9-15/h10-13,16H,4-9H2,1-3H3. The molecule has 4 unspecified atom stereocenters. The molecule has 0 radical (unpaired) electrons. The fraction of sp³-hybridized carbons (Fsp3) is 0.933. The normalized spacial score (nSPS) is 43.3. The van der Waals surface area contributed by atoms with Crippen molar-refractivity contribution in [2.45, 2.75) is 77.0 Å². The van der Waals surface area contributed by atoms with Crippen LogP contribution >= 0.6 is 0 Å². The van der Waals surface area contributed by atoms with E-state index in [0.29, 0.717) is 17.9 Å². The summed E-state index contributed by atoms with van der Waals surface area (Å²) in [7, 11) is 0. The van der Waals surface area contributed by atoms with Crippen LogP contribution in [0.1, 0.15) is 59.3 Å². The number of hydrogen-bond acceptors (Lipinski definition) is 2. The van der Waals surface area contributed by atoms with Crippen LogP contribution in [0.15, 0.2) is 0 Å². The van der Waals surface area contributed by atoms with Gasteiger partial charge in [-0.1, -0.05) is 26.7 Å². The van der Waals surface area contributed by atoms with Crippen molar-refractivity contribution < 1.29 is 4.79 Å². The minimum absolute atomic E-state index is 0.190. The minimum Gasteiger partial charge on any atom is -0.323 e. The van der Waals surface area contributed by atoms with Gasteiger partial charge in [0.25, 0.3) is 0 Å². The summed E-state index contributed by atoms with van der Waals surface area (Å²) in [6.45, 7) is 6.82. The molecule has 4 atom stereocenters. The Balaban J connectivity index is 1.83. The van der Waals surface area contributed by atoms with Crippen LogP contribution in [0, 0.1) is 11.8 Å². The van der Waals surface area contributed by atoms with Gasteiger partial charge in [0.15, 0.2) is 0 Å². The molecule has 102 valence electrons. The van der Waals surface area contributed by atoms with Gasteiger partial charge in [-0.3, -0.25) is 10.1 Å². The summed E-state index contributed by atoms with van der Waals surface area (Å²) in [5.74, 6) is 1.81. The molecule has 1 spiro atoms. The zero-order chi connectivity index (χ0) is 12.9.